The Kier molecular flexibility index (Phi) is 6.09. The minimum atomic E-state index is -3.91. The summed E-state index contributed by atoms with van der Waals surface area (Å²) in [5.74, 6) is -1.34. The fourth-order valence-corrected chi connectivity index (χ4v) is 3.47. The Morgan fingerprint density at radius 1 is 0.962 bits per heavy atom. The Balaban J connectivity index is 2.09. The first-order chi connectivity index (χ1) is 12.1. The Morgan fingerprint density at radius 3 is 1.92 bits per heavy atom. The van der Waals surface area contributed by atoms with E-state index in [0.717, 1.165) is 34.1 Å². The van der Waals surface area contributed by atoms with Crippen LogP contribution in [-0.4, -0.2) is 44.2 Å². The summed E-state index contributed by atoms with van der Waals surface area (Å²) in [4.78, 5) is 13.8. The summed E-state index contributed by atoms with van der Waals surface area (Å²) in [6.07, 6.45) is 0. The SMILES string of the molecule is CC(c1ccc(F)cc1)N(C)C(=O)CN(C)S(=O)(=O)c1ccc(F)cc1. The fraction of sp³-hybridized carbons (Fsp3) is 0.278. The Hall–Kier alpha value is -2.32. The lowest BCUT2D eigenvalue weighted by molar-refractivity contribution is -0.131. The molecule has 0 fully saturated rings. The van der Waals surface area contributed by atoms with Gasteiger partial charge in [0.15, 0.2) is 0 Å². The third-order valence-corrected chi connectivity index (χ3v) is 6.02. The van der Waals surface area contributed by atoms with Gasteiger partial charge in [-0.3, -0.25) is 4.79 Å². The van der Waals surface area contributed by atoms with Crippen molar-refractivity contribution < 1.29 is 22.0 Å². The maximum Gasteiger partial charge on any atom is 0.243 e. The molecule has 140 valence electrons. The molecule has 2 rings (SSSR count). The Morgan fingerprint density at radius 2 is 1.42 bits per heavy atom. The number of halogens is 2. The molecule has 1 unspecified atom stereocenters. The molecule has 0 aliphatic rings. The summed E-state index contributed by atoms with van der Waals surface area (Å²) in [5, 5.41) is 0. The molecule has 0 N–H and O–H groups in total. The molecule has 2 aromatic carbocycles. The first-order valence-electron chi connectivity index (χ1n) is 7.86. The minimum absolute atomic E-state index is 0.0940. The molecule has 0 heterocycles. The smallest absolute Gasteiger partial charge is 0.243 e. The molecule has 26 heavy (non-hydrogen) atoms. The molecule has 0 aliphatic carbocycles. The number of carbonyl (C=O) groups excluding carboxylic acids is 1. The zero-order chi connectivity index (χ0) is 19.5. The van der Waals surface area contributed by atoms with Gasteiger partial charge in [-0.2, -0.15) is 4.31 Å². The highest BCUT2D eigenvalue weighted by atomic mass is 32.2. The van der Waals surface area contributed by atoms with E-state index >= 15 is 0 Å². The van der Waals surface area contributed by atoms with Crippen molar-refractivity contribution in [2.24, 2.45) is 0 Å². The van der Waals surface area contributed by atoms with Crippen LogP contribution in [-0.2, 0) is 14.8 Å². The van der Waals surface area contributed by atoms with E-state index in [0.29, 0.717) is 0 Å². The molecule has 2 aromatic rings. The predicted octanol–water partition coefficient (Wildman–Crippen LogP) is 2.80. The topological polar surface area (TPSA) is 57.7 Å². The number of hydrogen-bond donors (Lipinski definition) is 0. The first-order valence-corrected chi connectivity index (χ1v) is 9.30. The van der Waals surface area contributed by atoms with E-state index in [1.807, 2.05) is 0 Å². The number of rotatable bonds is 6. The standard InChI is InChI=1S/C18H20F2N2O3S/c1-13(14-4-6-15(19)7-5-14)22(3)18(23)12-21(2)26(24,25)17-10-8-16(20)9-11-17/h4-11,13H,12H2,1-3H3. The summed E-state index contributed by atoms with van der Waals surface area (Å²) in [6.45, 7) is 1.39. The lowest BCUT2D eigenvalue weighted by atomic mass is 10.1. The molecule has 1 atom stereocenters. The highest BCUT2D eigenvalue weighted by Crippen LogP contribution is 2.20. The number of benzene rings is 2. The summed E-state index contributed by atoms with van der Waals surface area (Å²) in [5.41, 5.74) is 0.728. The molecule has 0 radical (unpaired) electrons. The molecule has 0 saturated carbocycles. The van der Waals surface area contributed by atoms with Gasteiger partial charge in [0, 0.05) is 14.1 Å². The normalized spacial score (nSPS) is 12.8. The third kappa shape index (κ3) is 4.44. The van der Waals surface area contributed by atoms with Crippen molar-refractivity contribution in [1.29, 1.82) is 0 Å². The highest BCUT2D eigenvalue weighted by Gasteiger charge is 2.26. The number of likely N-dealkylation sites (N-methyl/N-ethyl adjacent to an activating group) is 2. The Labute approximate surface area is 151 Å². The average Bonchev–Trinajstić information content (AvgIpc) is 2.61. The quantitative estimate of drug-likeness (QED) is 0.772. The molecule has 0 aliphatic heterocycles. The molecule has 0 spiro atoms. The lowest BCUT2D eigenvalue weighted by Gasteiger charge is -2.27. The van der Waals surface area contributed by atoms with E-state index in [2.05, 4.69) is 0 Å². The van der Waals surface area contributed by atoms with Crippen LogP contribution in [0, 0.1) is 11.6 Å². The average molecular weight is 382 g/mol. The summed E-state index contributed by atoms with van der Waals surface area (Å²) < 4.78 is 51.8. The van der Waals surface area contributed by atoms with Crippen molar-refractivity contribution in [2.45, 2.75) is 17.9 Å². The van der Waals surface area contributed by atoms with Gasteiger partial charge in [-0.25, -0.2) is 17.2 Å². The minimum Gasteiger partial charge on any atom is -0.338 e. The largest absolute Gasteiger partial charge is 0.338 e. The van der Waals surface area contributed by atoms with E-state index in [9.17, 15) is 22.0 Å². The van der Waals surface area contributed by atoms with Crippen LogP contribution >= 0.6 is 0 Å². The van der Waals surface area contributed by atoms with Crippen LogP contribution in [0.15, 0.2) is 53.4 Å². The van der Waals surface area contributed by atoms with Gasteiger partial charge in [0.05, 0.1) is 17.5 Å². The second kappa shape index (κ2) is 7.92. The monoisotopic (exact) mass is 382 g/mol. The van der Waals surface area contributed by atoms with Crippen molar-refractivity contribution in [3.05, 3.63) is 65.7 Å². The first kappa shape index (κ1) is 20.0. The van der Waals surface area contributed by atoms with Crippen LogP contribution in [0.25, 0.3) is 0 Å². The van der Waals surface area contributed by atoms with Gasteiger partial charge in [0.25, 0.3) is 0 Å². The second-order valence-corrected chi connectivity index (χ2v) is 7.99. The highest BCUT2D eigenvalue weighted by molar-refractivity contribution is 7.89. The van der Waals surface area contributed by atoms with Crippen LogP contribution in [0.1, 0.15) is 18.5 Å². The van der Waals surface area contributed by atoms with Gasteiger partial charge in [-0.05, 0) is 48.9 Å². The van der Waals surface area contributed by atoms with Crippen LogP contribution < -0.4 is 0 Å². The third-order valence-electron chi connectivity index (χ3n) is 4.21. The van der Waals surface area contributed by atoms with E-state index in [1.54, 1.807) is 26.1 Å². The molecule has 0 bridgehead atoms. The number of hydrogen-bond acceptors (Lipinski definition) is 3. The lowest BCUT2D eigenvalue weighted by Crippen LogP contribution is -2.40. The van der Waals surface area contributed by atoms with E-state index in [-0.39, 0.29) is 23.3 Å². The summed E-state index contributed by atoms with van der Waals surface area (Å²) >= 11 is 0. The molecule has 8 heteroatoms. The van der Waals surface area contributed by atoms with Crippen LogP contribution in [0.2, 0.25) is 0 Å². The zero-order valence-electron chi connectivity index (χ0n) is 14.7. The second-order valence-electron chi connectivity index (χ2n) is 5.95. The molecular formula is C18H20F2N2O3S. The molecule has 0 saturated heterocycles. The van der Waals surface area contributed by atoms with Crippen molar-refractivity contribution >= 4 is 15.9 Å². The van der Waals surface area contributed by atoms with E-state index in [1.165, 1.54) is 24.1 Å². The number of amides is 1. The van der Waals surface area contributed by atoms with Crippen molar-refractivity contribution in [1.82, 2.24) is 9.21 Å². The van der Waals surface area contributed by atoms with E-state index < -0.39 is 21.7 Å². The maximum atomic E-state index is 13.0. The number of nitrogens with zero attached hydrogens (tertiary/aromatic N) is 2. The van der Waals surface area contributed by atoms with Gasteiger partial charge in [-0.1, -0.05) is 12.1 Å². The molecule has 1 amide bonds. The number of carbonyl (C=O) groups is 1. The van der Waals surface area contributed by atoms with Crippen LogP contribution in [0.5, 0.6) is 0 Å². The fourth-order valence-electron chi connectivity index (χ4n) is 2.35. The van der Waals surface area contributed by atoms with Gasteiger partial charge in [0.2, 0.25) is 15.9 Å². The van der Waals surface area contributed by atoms with Crippen LogP contribution in [0.3, 0.4) is 0 Å². The van der Waals surface area contributed by atoms with Crippen molar-refractivity contribution in [2.75, 3.05) is 20.6 Å². The predicted molar refractivity (Wildman–Crippen MR) is 93.8 cm³/mol. The number of sulfonamides is 1. The van der Waals surface area contributed by atoms with Gasteiger partial charge in [0.1, 0.15) is 11.6 Å². The summed E-state index contributed by atoms with van der Waals surface area (Å²) in [7, 11) is -1.08. The van der Waals surface area contributed by atoms with Gasteiger partial charge >= 0.3 is 0 Å². The van der Waals surface area contributed by atoms with Gasteiger partial charge in [-0.15, -0.1) is 0 Å². The van der Waals surface area contributed by atoms with Crippen LogP contribution in [0.4, 0.5) is 8.78 Å². The van der Waals surface area contributed by atoms with Gasteiger partial charge < -0.3 is 4.90 Å². The molecule has 0 aromatic heterocycles. The van der Waals surface area contributed by atoms with E-state index in [4.69, 9.17) is 0 Å². The van der Waals surface area contributed by atoms with Crippen molar-refractivity contribution in [3.63, 3.8) is 0 Å². The zero-order valence-corrected chi connectivity index (χ0v) is 15.5. The summed E-state index contributed by atoms with van der Waals surface area (Å²) in [6, 6.07) is 9.78. The Bertz CT molecular complexity index is 868. The maximum absolute atomic E-state index is 13.0. The molecule has 5 nitrogen and oxygen atoms in total. The molecular weight excluding hydrogens is 362 g/mol. The van der Waals surface area contributed by atoms with Crippen molar-refractivity contribution in [3.8, 4) is 0 Å².